The zero-order valence-corrected chi connectivity index (χ0v) is 18.7. The topological polar surface area (TPSA) is 153 Å². The van der Waals surface area contributed by atoms with Gasteiger partial charge in [0.05, 0.1) is 25.5 Å². The number of rotatable bonds is 6. The van der Waals surface area contributed by atoms with Gasteiger partial charge >= 0.3 is 12.0 Å². The van der Waals surface area contributed by atoms with Crippen molar-refractivity contribution in [2.24, 2.45) is 0 Å². The highest BCUT2D eigenvalue weighted by Crippen LogP contribution is 2.38. The number of fused-ring (bicyclic) bond motifs is 2. The summed E-state index contributed by atoms with van der Waals surface area (Å²) < 4.78 is 52.4. The Morgan fingerprint density at radius 1 is 1.22 bits per heavy atom. The number of carbonyl (C=O) groups excluding carboxylic acids is 3. The Bertz CT molecular complexity index is 1430. The van der Waals surface area contributed by atoms with E-state index < -0.39 is 52.8 Å². The van der Waals surface area contributed by atoms with Crippen molar-refractivity contribution >= 4 is 34.9 Å². The van der Waals surface area contributed by atoms with E-state index in [2.05, 4.69) is 20.6 Å². The molecule has 4 amide bonds. The molecule has 4 N–H and O–H groups in total. The second-order valence-electron chi connectivity index (χ2n) is 8.47. The van der Waals surface area contributed by atoms with E-state index in [1.54, 1.807) is 18.2 Å². The molecule has 0 radical (unpaired) electrons. The number of hydrogen-bond donors (Lipinski definition) is 3. The normalized spacial score (nSPS) is 19.9. The number of nitrogen functional groups attached to an aromatic ring is 1. The van der Waals surface area contributed by atoms with Crippen LogP contribution >= 0.6 is 0 Å². The summed E-state index contributed by atoms with van der Waals surface area (Å²) in [6.07, 6.45) is 0.00713. The summed E-state index contributed by atoms with van der Waals surface area (Å²) in [7, 11) is 1.50. The number of carbonyl (C=O) groups is 3. The Hall–Kier alpha value is -4.36. The standard InChI is InChI=1S/C22H19F3N6O5/c1-35-12-3-2-10-7-31(15(32)5-11(10)4-12)9-21(18(33)29-20(34)30-21)14-6-13-16(22(24,25)8-23)27-19(26)28-17(13)36-14/h2-4,6H,5,7-9H2,1H3,(H2,26,27,28)(H2,29,30,33,34)/t21-/m0/s1. The Balaban J connectivity index is 1.58. The van der Waals surface area contributed by atoms with Gasteiger partial charge < -0.3 is 25.1 Å². The smallest absolute Gasteiger partial charge is 0.322 e. The van der Waals surface area contributed by atoms with Crippen molar-refractivity contribution in [1.82, 2.24) is 25.5 Å². The van der Waals surface area contributed by atoms with Crippen molar-refractivity contribution in [2.75, 3.05) is 26.1 Å². The lowest BCUT2D eigenvalue weighted by Crippen LogP contribution is -2.54. The minimum absolute atomic E-state index is 0.00713. The molecule has 0 saturated carbocycles. The van der Waals surface area contributed by atoms with Gasteiger partial charge in [-0.3, -0.25) is 14.9 Å². The number of hydrogen-bond acceptors (Lipinski definition) is 8. The molecule has 0 bridgehead atoms. The molecule has 188 valence electrons. The molecule has 3 aromatic rings. The maximum atomic E-state index is 14.3. The van der Waals surface area contributed by atoms with Crippen molar-refractivity contribution in [3.63, 3.8) is 0 Å². The number of nitrogens with zero attached hydrogens (tertiary/aromatic N) is 3. The molecular formula is C22H19F3N6O5. The van der Waals surface area contributed by atoms with Crippen molar-refractivity contribution in [2.45, 2.75) is 24.4 Å². The first-order valence-corrected chi connectivity index (χ1v) is 10.7. The fraction of sp³-hybridized carbons (Fsp3) is 0.318. The lowest BCUT2D eigenvalue weighted by atomic mass is 9.92. The van der Waals surface area contributed by atoms with Crippen LogP contribution in [-0.4, -0.2) is 53.0 Å². The first-order valence-electron chi connectivity index (χ1n) is 10.7. The molecule has 2 aliphatic heterocycles. The van der Waals surface area contributed by atoms with E-state index >= 15 is 0 Å². The average molecular weight is 504 g/mol. The number of imide groups is 1. The average Bonchev–Trinajstić information content (AvgIpc) is 3.39. The molecule has 14 heteroatoms. The number of aromatic nitrogens is 2. The van der Waals surface area contributed by atoms with Crippen LogP contribution in [0.25, 0.3) is 11.1 Å². The van der Waals surface area contributed by atoms with Crippen LogP contribution in [0.3, 0.4) is 0 Å². The fourth-order valence-corrected chi connectivity index (χ4v) is 4.39. The maximum Gasteiger partial charge on any atom is 0.322 e. The third-order valence-electron chi connectivity index (χ3n) is 6.18. The molecule has 0 unspecified atom stereocenters. The van der Waals surface area contributed by atoms with Crippen molar-refractivity contribution in [1.29, 1.82) is 0 Å². The molecule has 36 heavy (non-hydrogen) atoms. The molecule has 11 nitrogen and oxygen atoms in total. The van der Waals surface area contributed by atoms with Gasteiger partial charge in [0.2, 0.25) is 17.6 Å². The Morgan fingerprint density at radius 3 is 2.67 bits per heavy atom. The van der Waals surface area contributed by atoms with Gasteiger partial charge in [-0.1, -0.05) is 6.07 Å². The number of halogens is 3. The number of benzene rings is 1. The van der Waals surface area contributed by atoms with Gasteiger partial charge in [0, 0.05) is 6.54 Å². The third kappa shape index (κ3) is 3.65. The summed E-state index contributed by atoms with van der Waals surface area (Å²) in [4.78, 5) is 46.7. The van der Waals surface area contributed by atoms with E-state index in [9.17, 15) is 27.6 Å². The van der Waals surface area contributed by atoms with E-state index in [1.807, 2.05) is 0 Å². The fourth-order valence-electron chi connectivity index (χ4n) is 4.39. The van der Waals surface area contributed by atoms with Crippen LogP contribution in [0, 0.1) is 0 Å². The van der Waals surface area contributed by atoms with Crippen LogP contribution in [0.2, 0.25) is 0 Å². The molecule has 0 aliphatic carbocycles. The van der Waals surface area contributed by atoms with Crippen LogP contribution in [0.1, 0.15) is 22.6 Å². The first-order chi connectivity index (χ1) is 17.1. The minimum atomic E-state index is -4.02. The number of nitrogens with one attached hydrogen (secondary N) is 2. The summed E-state index contributed by atoms with van der Waals surface area (Å²) in [6, 6.07) is 5.38. The van der Waals surface area contributed by atoms with Gasteiger partial charge in [0.15, 0.2) is 12.2 Å². The number of alkyl halides is 3. The predicted molar refractivity (Wildman–Crippen MR) is 117 cm³/mol. The van der Waals surface area contributed by atoms with Crippen molar-refractivity contribution in [3.8, 4) is 5.75 Å². The van der Waals surface area contributed by atoms with E-state index in [4.69, 9.17) is 14.9 Å². The highest BCUT2D eigenvalue weighted by atomic mass is 19.3. The summed E-state index contributed by atoms with van der Waals surface area (Å²) in [5, 5.41) is 4.14. The highest BCUT2D eigenvalue weighted by molar-refractivity contribution is 6.08. The highest BCUT2D eigenvalue weighted by Gasteiger charge is 2.53. The molecule has 1 atom stereocenters. The number of amides is 4. The number of furan rings is 1. The Morgan fingerprint density at radius 2 is 2.00 bits per heavy atom. The van der Waals surface area contributed by atoms with Gasteiger partial charge in [-0.15, -0.1) is 0 Å². The number of nitrogens with two attached hydrogens (primary N) is 1. The van der Waals surface area contributed by atoms with Gasteiger partial charge in [-0.25, -0.2) is 14.2 Å². The second kappa shape index (κ2) is 8.10. The van der Waals surface area contributed by atoms with Crippen LogP contribution in [0.5, 0.6) is 5.75 Å². The van der Waals surface area contributed by atoms with E-state index in [0.717, 1.165) is 17.2 Å². The zero-order valence-electron chi connectivity index (χ0n) is 18.7. The monoisotopic (exact) mass is 504 g/mol. The Labute approximate surface area is 200 Å². The van der Waals surface area contributed by atoms with Crippen LogP contribution < -0.4 is 21.1 Å². The summed E-state index contributed by atoms with van der Waals surface area (Å²) in [6.45, 7) is -2.35. The first kappa shape index (κ1) is 23.4. The Kier molecular flexibility index (Phi) is 5.26. The molecule has 2 aliphatic rings. The molecular weight excluding hydrogens is 485 g/mol. The van der Waals surface area contributed by atoms with Crippen molar-refractivity contribution < 1.29 is 36.7 Å². The van der Waals surface area contributed by atoms with Crippen LogP contribution in [0.4, 0.5) is 23.9 Å². The van der Waals surface area contributed by atoms with E-state index in [0.29, 0.717) is 5.75 Å². The van der Waals surface area contributed by atoms with Gasteiger partial charge in [-0.05, 0) is 29.3 Å². The minimum Gasteiger partial charge on any atom is -0.497 e. The van der Waals surface area contributed by atoms with Crippen LogP contribution in [0.15, 0.2) is 28.7 Å². The molecule has 1 fully saturated rings. The molecule has 1 aromatic carbocycles. The van der Waals surface area contributed by atoms with Crippen LogP contribution in [-0.2, 0) is 34.0 Å². The summed E-state index contributed by atoms with van der Waals surface area (Å²) in [5.74, 6) is -5.56. The second-order valence-corrected chi connectivity index (χ2v) is 8.47. The third-order valence-corrected chi connectivity index (χ3v) is 6.18. The number of ether oxygens (including phenoxy) is 1. The van der Waals surface area contributed by atoms with E-state index in [1.165, 1.54) is 12.0 Å². The molecule has 1 saturated heterocycles. The predicted octanol–water partition coefficient (Wildman–Crippen LogP) is 1.49. The van der Waals surface area contributed by atoms with Gasteiger partial charge in [0.25, 0.3) is 5.91 Å². The number of urea groups is 1. The molecule has 5 rings (SSSR count). The maximum absolute atomic E-state index is 14.3. The number of anilines is 1. The quantitative estimate of drug-likeness (QED) is 0.427. The number of methoxy groups -OCH3 is 1. The van der Waals surface area contributed by atoms with E-state index in [-0.39, 0.29) is 31.2 Å². The SMILES string of the molecule is COc1ccc2c(c1)CC(=O)N(C[C@@]1(c3cc4c(C(F)(F)CF)nc(N)nc4o3)NC(=O)NC1=O)C2. The lowest BCUT2D eigenvalue weighted by Gasteiger charge is -2.34. The zero-order chi connectivity index (χ0) is 25.8. The molecule has 4 heterocycles. The largest absolute Gasteiger partial charge is 0.497 e. The van der Waals surface area contributed by atoms with Crippen molar-refractivity contribution in [3.05, 3.63) is 46.8 Å². The van der Waals surface area contributed by atoms with Gasteiger partial charge in [-0.2, -0.15) is 13.8 Å². The lowest BCUT2D eigenvalue weighted by molar-refractivity contribution is -0.135. The molecule has 2 aromatic heterocycles. The molecule has 0 spiro atoms. The van der Waals surface area contributed by atoms with Gasteiger partial charge in [0.1, 0.15) is 17.2 Å². The summed E-state index contributed by atoms with van der Waals surface area (Å²) >= 11 is 0. The summed E-state index contributed by atoms with van der Waals surface area (Å²) in [5.41, 5.74) is 3.61.